The second-order valence-electron chi connectivity index (χ2n) is 7.02. The minimum atomic E-state index is -0.249. The summed E-state index contributed by atoms with van der Waals surface area (Å²) in [4.78, 5) is 41.3. The fourth-order valence-corrected chi connectivity index (χ4v) is 3.30. The number of nitrogens with one attached hydrogen (secondary N) is 2. The third-order valence-corrected chi connectivity index (χ3v) is 4.97. The fraction of sp³-hybridized carbons (Fsp3) is 0.227. The quantitative estimate of drug-likeness (QED) is 0.629. The molecule has 0 spiro atoms. The second-order valence-corrected chi connectivity index (χ2v) is 7.02. The van der Waals surface area contributed by atoms with Gasteiger partial charge in [0.2, 0.25) is 5.91 Å². The molecule has 4 rings (SSSR count). The molecule has 1 aliphatic heterocycles. The number of nitrogens with zero attached hydrogens (tertiary/aromatic N) is 5. The van der Waals surface area contributed by atoms with E-state index in [0.717, 1.165) is 5.82 Å². The first kappa shape index (κ1) is 20.3. The Kier molecular flexibility index (Phi) is 6.32. The average Bonchev–Trinajstić information content (AvgIpc) is 2.84. The van der Waals surface area contributed by atoms with E-state index < -0.39 is 0 Å². The van der Waals surface area contributed by atoms with Crippen molar-refractivity contribution in [2.24, 2.45) is 0 Å². The van der Waals surface area contributed by atoms with Crippen LogP contribution in [-0.2, 0) is 4.79 Å². The Bertz CT molecular complexity index is 1020. The predicted octanol–water partition coefficient (Wildman–Crippen LogP) is 1.69. The maximum Gasteiger partial charge on any atom is 0.251 e. The molecule has 2 aromatic heterocycles. The number of aromatic nitrogens is 3. The average molecular weight is 417 g/mol. The Morgan fingerprint density at radius 3 is 2.39 bits per heavy atom. The lowest BCUT2D eigenvalue weighted by Gasteiger charge is -2.35. The van der Waals surface area contributed by atoms with E-state index in [9.17, 15) is 9.59 Å². The molecule has 3 aromatic rings. The van der Waals surface area contributed by atoms with Gasteiger partial charge in [-0.25, -0.2) is 15.0 Å². The summed E-state index contributed by atoms with van der Waals surface area (Å²) in [6.07, 6.45) is 3.22. The summed E-state index contributed by atoms with van der Waals surface area (Å²) < 4.78 is 0. The van der Waals surface area contributed by atoms with Crippen LogP contribution in [0.25, 0.3) is 0 Å². The number of hydrogen-bond acceptors (Lipinski definition) is 7. The predicted molar refractivity (Wildman–Crippen MR) is 117 cm³/mol. The van der Waals surface area contributed by atoms with Gasteiger partial charge in [0.25, 0.3) is 5.91 Å². The van der Waals surface area contributed by atoms with Crippen molar-refractivity contribution in [2.75, 3.05) is 42.9 Å². The van der Waals surface area contributed by atoms with Gasteiger partial charge >= 0.3 is 0 Å². The van der Waals surface area contributed by atoms with E-state index >= 15 is 0 Å². The van der Waals surface area contributed by atoms with Gasteiger partial charge in [-0.05, 0) is 24.3 Å². The standard InChI is InChI=1S/C22H23N7O2/c30-21(15-24-22(31)17-6-2-1-3-7-17)29-12-10-28(11-13-29)20-14-19(25-16-26-20)27-18-8-4-5-9-23-18/h1-9,14,16H,10-13,15H2,(H,24,31)(H,23,25,26,27). The van der Waals surface area contributed by atoms with E-state index in [4.69, 9.17) is 0 Å². The summed E-state index contributed by atoms with van der Waals surface area (Å²) in [7, 11) is 0. The maximum absolute atomic E-state index is 12.5. The molecule has 9 nitrogen and oxygen atoms in total. The first-order valence-corrected chi connectivity index (χ1v) is 10.0. The van der Waals surface area contributed by atoms with Crippen molar-refractivity contribution >= 4 is 29.3 Å². The minimum Gasteiger partial charge on any atom is -0.353 e. The highest BCUT2D eigenvalue weighted by atomic mass is 16.2. The zero-order chi connectivity index (χ0) is 21.5. The van der Waals surface area contributed by atoms with Gasteiger partial charge in [-0.3, -0.25) is 9.59 Å². The van der Waals surface area contributed by atoms with Crippen LogP contribution in [0.3, 0.4) is 0 Å². The van der Waals surface area contributed by atoms with Gasteiger partial charge in [0, 0.05) is 44.0 Å². The summed E-state index contributed by atoms with van der Waals surface area (Å²) in [6, 6.07) is 16.3. The molecule has 0 unspecified atom stereocenters. The van der Waals surface area contributed by atoms with Gasteiger partial charge in [0.15, 0.2) is 0 Å². The summed E-state index contributed by atoms with van der Waals surface area (Å²) in [5.74, 6) is 1.81. The monoisotopic (exact) mass is 417 g/mol. The van der Waals surface area contributed by atoms with E-state index in [2.05, 4.69) is 30.5 Å². The molecule has 0 saturated carbocycles. The number of hydrogen-bond donors (Lipinski definition) is 2. The lowest BCUT2D eigenvalue weighted by atomic mass is 10.2. The highest BCUT2D eigenvalue weighted by Crippen LogP contribution is 2.18. The first-order valence-electron chi connectivity index (χ1n) is 10.0. The number of benzene rings is 1. The van der Waals surface area contributed by atoms with Crippen molar-refractivity contribution in [3.05, 3.63) is 72.7 Å². The number of rotatable bonds is 6. The SMILES string of the molecule is O=C(NCC(=O)N1CCN(c2cc(Nc3ccccn3)ncn2)CC1)c1ccccc1. The van der Waals surface area contributed by atoms with Crippen molar-refractivity contribution in [1.82, 2.24) is 25.2 Å². The van der Waals surface area contributed by atoms with Crippen molar-refractivity contribution < 1.29 is 9.59 Å². The third-order valence-electron chi connectivity index (χ3n) is 4.97. The molecule has 31 heavy (non-hydrogen) atoms. The molecule has 1 aliphatic rings. The molecule has 9 heteroatoms. The Balaban J connectivity index is 1.28. The summed E-state index contributed by atoms with van der Waals surface area (Å²) in [6.45, 7) is 2.41. The Labute approximate surface area is 180 Å². The fourth-order valence-electron chi connectivity index (χ4n) is 3.30. The molecule has 0 bridgehead atoms. The van der Waals surface area contributed by atoms with Crippen molar-refractivity contribution in [3.63, 3.8) is 0 Å². The van der Waals surface area contributed by atoms with Gasteiger partial charge in [-0.15, -0.1) is 0 Å². The van der Waals surface area contributed by atoms with E-state index in [0.29, 0.717) is 43.4 Å². The molecule has 1 aromatic carbocycles. The number of carbonyl (C=O) groups is 2. The number of piperazine rings is 1. The van der Waals surface area contributed by atoms with Gasteiger partial charge in [0.05, 0.1) is 6.54 Å². The molecule has 0 aliphatic carbocycles. The molecule has 2 amide bonds. The topological polar surface area (TPSA) is 103 Å². The van der Waals surface area contributed by atoms with Crippen LogP contribution < -0.4 is 15.5 Å². The van der Waals surface area contributed by atoms with Crippen LogP contribution in [0.15, 0.2) is 67.1 Å². The molecular weight excluding hydrogens is 394 g/mol. The number of amides is 2. The Morgan fingerprint density at radius 2 is 1.65 bits per heavy atom. The normalized spacial score (nSPS) is 13.5. The molecule has 158 valence electrons. The van der Waals surface area contributed by atoms with Gasteiger partial charge in [-0.2, -0.15) is 0 Å². The maximum atomic E-state index is 12.5. The van der Waals surface area contributed by atoms with E-state index in [-0.39, 0.29) is 18.4 Å². The number of carbonyl (C=O) groups excluding carboxylic acids is 2. The Morgan fingerprint density at radius 1 is 0.871 bits per heavy atom. The van der Waals surface area contributed by atoms with Crippen LogP contribution in [0.5, 0.6) is 0 Å². The number of anilines is 3. The number of pyridine rings is 1. The van der Waals surface area contributed by atoms with E-state index in [1.54, 1.807) is 35.4 Å². The van der Waals surface area contributed by atoms with E-state index in [1.807, 2.05) is 30.3 Å². The van der Waals surface area contributed by atoms with Crippen LogP contribution in [0.4, 0.5) is 17.5 Å². The van der Waals surface area contributed by atoms with Crippen LogP contribution >= 0.6 is 0 Å². The van der Waals surface area contributed by atoms with Gasteiger partial charge in [0.1, 0.15) is 23.8 Å². The zero-order valence-corrected chi connectivity index (χ0v) is 16.9. The highest BCUT2D eigenvalue weighted by Gasteiger charge is 2.22. The molecular formula is C22H23N7O2. The Hall–Kier alpha value is -4.01. The smallest absolute Gasteiger partial charge is 0.251 e. The van der Waals surface area contributed by atoms with Crippen molar-refractivity contribution in [3.8, 4) is 0 Å². The second kappa shape index (κ2) is 9.66. The van der Waals surface area contributed by atoms with Crippen molar-refractivity contribution in [2.45, 2.75) is 0 Å². The molecule has 1 saturated heterocycles. The van der Waals surface area contributed by atoms with Crippen molar-refractivity contribution in [1.29, 1.82) is 0 Å². The van der Waals surface area contributed by atoms with Gasteiger partial charge in [-0.1, -0.05) is 24.3 Å². The van der Waals surface area contributed by atoms with Crippen LogP contribution in [-0.4, -0.2) is 64.4 Å². The summed E-state index contributed by atoms with van der Waals surface area (Å²) >= 11 is 0. The molecule has 0 radical (unpaired) electrons. The third kappa shape index (κ3) is 5.33. The highest BCUT2D eigenvalue weighted by molar-refractivity contribution is 5.96. The lowest BCUT2D eigenvalue weighted by molar-refractivity contribution is -0.130. The molecule has 3 heterocycles. The lowest BCUT2D eigenvalue weighted by Crippen LogP contribution is -2.51. The zero-order valence-electron chi connectivity index (χ0n) is 16.9. The van der Waals surface area contributed by atoms with Crippen LogP contribution in [0.2, 0.25) is 0 Å². The molecule has 0 atom stereocenters. The summed E-state index contributed by atoms with van der Waals surface area (Å²) in [5, 5.41) is 5.85. The van der Waals surface area contributed by atoms with Crippen LogP contribution in [0, 0.1) is 0 Å². The molecule has 2 N–H and O–H groups in total. The first-order chi connectivity index (χ1) is 15.2. The van der Waals surface area contributed by atoms with Gasteiger partial charge < -0.3 is 20.4 Å². The minimum absolute atomic E-state index is 0.0145. The van der Waals surface area contributed by atoms with E-state index in [1.165, 1.54) is 6.33 Å². The largest absolute Gasteiger partial charge is 0.353 e. The summed E-state index contributed by atoms with van der Waals surface area (Å²) in [5.41, 5.74) is 0.541. The van der Waals surface area contributed by atoms with Crippen LogP contribution in [0.1, 0.15) is 10.4 Å². The molecule has 1 fully saturated rings.